The van der Waals surface area contributed by atoms with Crippen molar-refractivity contribution in [3.05, 3.63) is 39.3 Å². The first kappa shape index (κ1) is 12.7. The number of aromatic nitrogens is 2. The van der Waals surface area contributed by atoms with Crippen LogP contribution in [0.4, 0.5) is 0 Å². The van der Waals surface area contributed by atoms with Gasteiger partial charge in [-0.05, 0) is 37.9 Å². The molecule has 0 spiro atoms. The van der Waals surface area contributed by atoms with E-state index in [0.717, 1.165) is 0 Å². The molecule has 3 rings (SSSR count). The number of halogens is 2. The third kappa shape index (κ3) is 1.97. The number of rotatable bonds is 1. The second kappa shape index (κ2) is 4.64. The van der Waals surface area contributed by atoms with Gasteiger partial charge in [0, 0.05) is 12.4 Å². The summed E-state index contributed by atoms with van der Waals surface area (Å²) in [5, 5.41) is 9.80. The second-order valence-corrected chi connectivity index (χ2v) is 5.75. The van der Waals surface area contributed by atoms with E-state index in [1.54, 1.807) is 29.4 Å². The molecule has 1 atom stereocenters. The molecule has 1 unspecified atom stereocenters. The van der Waals surface area contributed by atoms with Gasteiger partial charge in [-0.3, -0.25) is 4.79 Å². The largest absolute Gasteiger partial charge is 0.505 e. The lowest BCUT2D eigenvalue weighted by Crippen LogP contribution is -2.30. The molecular weight excluding hydrogens is 380 g/mol. The van der Waals surface area contributed by atoms with Gasteiger partial charge in [0.25, 0.3) is 0 Å². The maximum atomic E-state index is 12.5. The Bertz CT molecular complexity index is 655. The average molecular weight is 388 g/mol. The Morgan fingerprint density at radius 2 is 2.26 bits per heavy atom. The maximum absolute atomic E-state index is 12.5. The Kier molecular flexibility index (Phi) is 3.10. The van der Waals surface area contributed by atoms with Gasteiger partial charge in [0.15, 0.2) is 5.78 Å². The van der Waals surface area contributed by atoms with E-state index < -0.39 is 6.04 Å². The van der Waals surface area contributed by atoms with Crippen LogP contribution in [0.25, 0.3) is 0 Å². The number of hydrogen-bond donors (Lipinski definition) is 1. The third-order valence-electron chi connectivity index (χ3n) is 2.99. The predicted molar refractivity (Wildman–Crippen MR) is 74.6 cm³/mol. The van der Waals surface area contributed by atoms with Crippen LogP contribution in [0.3, 0.4) is 0 Å². The summed E-state index contributed by atoms with van der Waals surface area (Å²) in [6, 6.07) is 1.14. The Morgan fingerprint density at radius 3 is 2.95 bits per heavy atom. The Labute approximate surface area is 125 Å². The van der Waals surface area contributed by atoms with Crippen molar-refractivity contribution < 1.29 is 14.6 Å². The first-order valence-electron chi connectivity index (χ1n) is 5.45. The number of benzene rings is 1. The fourth-order valence-corrected chi connectivity index (χ4v) is 3.24. The molecule has 1 aliphatic heterocycles. The van der Waals surface area contributed by atoms with Crippen molar-refractivity contribution >= 4 is 37.6 Å². The van der Waals surface area contributed by atoms with Crippen molar-refractivity contribution in [2.45, 2.75) is 6.04 Å². The standard InChI is InChI=1S/C12H8Br2N2O3/c13-7-3-6-10(17)8(16-2-1-15-5-16)4-19-12(6)9(14)11(7)18/h1-3,5,8,18H,4H2. The minimum Gasteiger partial charge on any atom is -0.505 e. The lowest BCUT2D eigenvalue weighted by Gasteiger charge is -2.26. The number of Topliss-reactive ketones (excluding diaryl/α,β-unsaturated/α-hetero) is 1. The number of ketones is 1. The number of ether oxygens (including phenoxy) is 1. The minimum atomic E-state index is -0.432. The average Bonchev–Trinajstić information content (AvgIpc) is 2.91. The molecule has 19 heavy (non-hydrogen) atoms. The second-order valence-electron chi connectivity index (χ2n) is 4.10. The molecule has 1 N–H and O–H groups in total. The van der Waals surface area contributed by atoms with E-state index in [9.17, 15) is 9.90 Å². The summed E-state index contributed by atoms with van der Waals surface area (Å²) in [4.78, 5) is 16.4. The van der Waals surface area contributed by atoms with Gasteiger partial charge in [0.1, 0.15) is 28.6 Å². The van der Waals surface area contributed by atoms with Gasteiger partial charge in [-0.15, -0.1) is 0 Å². The fourth-order valence-electron chi connectivity index (χ4n) is 2.01. The van der Waals surface area contributed by atoms with Crippen LogP contribution in [0.5, 0.6) is 11.5 Å². The zero-order chi connectivity index (χ0) is 13.6. The molecule has 1 aromatic heterocycles. The molecule has 2 heterocycles. The molecule has 2 aromatic rings. The van der Waals surface area contributed by atoms with E-state index in [0.29, 0.717) is 20.3 Å². The number of nitrogens with zero attached hydrogens (tertiary/aromatic N) is 2. The van der Waals surface area contributed by atoms with Crippen molar-refractivity contribution in [1.82, 2.24) is 9.55 Å². The molecule has 0 fully saturated rings. The van der Waals surface area contributed by atoms with E-state index in [1.807, 2.05) is 0 Å². The summed E-state index contributed by atoms with van der Waals surface area (Å²) in [6.45, 7) is 0.210. The molecule has 0 saturated carbocycles. The first-order chi connectivity index (χ1) is 9.09. The van der Waals surface area contributed by atoms with Crippen LogP contribution in [-0.4, -0.2) is 27.0 Å². The third-order valence-corrected chi connectivity index (χ3v) is 4.33. The predicted octanol–water partition coefficient (Wildman–Crippen LogP) is 2.93. The normalized spacial score (nSPS) is 18.0. The zero-order valence-corrected chi connectivity index (χ0v) is 12.7. The molecule has 0 radical (unpaired) electrons. The van der Waals surface area contributed by atoms with Crippen molar-refractivity contribution in [2.75, 3.05) is 6.61 Å². The van der Waals surface area contributed by atoms with Gasteiger partial charge in [0.05, 0.1) is 16.4 Å². The first-order valence-corrected chi connectivity index (χ1v) is 7.03. The van der Waals surface area contributed by atoms with Gasteiger partial charge in [0.2, 0.25) is 0 Å². The Morgan fingerprint density at radius 1 is 1.47 bits per heavy atom. The number of fused-ring (bicyclic) bond motifs is 1. The number of aromatic hydroxyl groups is 1. The molecular formula is C12H8Br2N2O3. The van der Waals surface area contributed by atoms with Crippen molar-refractivity contribution in [2.24, 2.45) is 0 Å². The molecule has 1 aliphatic rings. The highest BCUT2D eigenvalue weighted by atomic mass is 79.9. The summed E-state index contributed by atoms with van der Waals surface area (Å²) < 4.78 is 8.14. The highest BCUT2D eigenvalue weighted by molar-refractivity contribution is 9.11. The Hall–Kier alpha value is -1.34. The van der Waals surface area contributed by atoms with E-state index in [2.05, 4.69) is 36.8 Å². The number of phenols is 1. The molecule has 7 heteroatoms. The van der Waals surface area contributed by atoms with Crippen LogP contribution in [0.15, 0.2) is 33.7 Å². The smallest absolute Gasteiger partial charge is 0.192 e. The van der Waals surface area contributed by atoms with Crippen molar-refractivity contribution in [3.63, 3.8) is 0 Å². The van der Waals surface area contributed by atoms with Crippen molar-refractivity contribution in [3.8, 4) is 11.5 Å². The number of carbonyl (C=O) groups is 1. The van der Waals surface area contributed by atoms with Crippen LogP contribution in [0, 0.1) is 0 Å². The molecule has 1 aromatic carbocycles. The zero-order valence-electron chi connectivity index (χ0n) is 9.51. The highest BCUT2D eigenvalue weighted by Crippen LogP contribution is 2.44. The monoisotopic (exact) mass is 386 g/mol. The summed E-state index contributed by atoms with van der Waals surface area (Å²) in [5.74, 6) is 0.329. The van der Waals surface area contributed by atoms with Crippen LogP contribution in [-0.2, 0) is 0 Å². The van der Waals surface area contributed by atoms with Crippen LogP contribution in [0.2, 0.25) is 0 Å². The molecule has 0 amide bonds. The molecule has 0 aliphatic carbocycles. The summed E-state index contributed by atoms with van der Waals surface area (Å²) in [7, 11) is 0. The molecule has 0 bridgehead atoms. The number of hydrogen-bond acceptors (Lipinski definition) is 4. The van der Waals surface area contributed by atoms with Gasteiger partial charge in [-0.2, -0.15) is 0 Å². The number of carbonyl (C=O) groups excluding carboxylic acids is 1. The van der Waals surface area contributed by atoms with Crippen LogP contribution in [0.1, 0.15) is 16.4 Å². The SMILES string of the molecule is O=C1c2cc(Br)c(O)c(Br)c2OCC1n1ccnc1. The topological polar surface area (TPSA) is 64.3 Å². The lowest BCUT2D eigenvalue weighted by atomic mass is 10.0. The quantitative estimate of drug-likeness (QED) is 0.817. The summed E-state index contributed by atoms with van der Waals surface area (Å²) in [5.41, 5.74) is 0.432. The van der Waals surface area contributed by atoms with E-state index in [1.165, 1.54) is 0 Å². The number of imidazole rings is 1. The van der Waals surface area contributed by atoms with Gasteiger partial charge in [-0.25, -0.2) is 4.98 Å². The van der Waals surface area contributed by atoms with Gasteiger partial charge in [-0.1, -0.05) is 0 Å². The number of phenolic OH excluding ortho intramolecular Hbond substituents is 1. The van der Waals surface area contributed by atoms with Crippen LogP contribution < -0.4 is 4.74 Å². The molecule has 5 nitrogen and oxygen atoms in total. The van der Waals surface area contributed by atoms with Crippen LogP contribution >= 0.6 is 31.9 Å². The summed E-state index contributed by atoms with van der Waals surface area (Å²) >= 11 is 6.45. The molecule has 0 saturated heterocycles. The summed E-state index contributed by atoms with van der Waals surface area (Å²) in [6.07, 6.45) is 4.92. The van der Waals surface area contributed by atoms with E-state index in [-0.39, 0.29) is 18.1 Å². The van der Waals surface area contributed by atoms with Gasteiger partial charge < -0.3 is 14.4 Å². The lowest BCUT2D eigenvalue weighted by molar-refractivity contribution is 0.0839. The van der Waals surface area contributed by atoms with E-state index >= 15 is 0 Å². The minimum absolute atomic E-state index is 0.0210. The molecule has 98 valence electrons. The maximum Gasteiger partial charge on any atom is 0.192 e. The van der Waals surface area contributed by atoms with Gasteiger partial charge >= 0.3 is 0 Å². The van der Waals surface area contributed by atoms with E-state index in [4.69, 9.17) is 4.74 Å². The Balaban J connectivity index is 2.10. The van der Waals surface area contributed by atoms with Crippen molar-refractivity contribution in [1.29, 1.82) is 0 Å². The highest BCUT2D eigenvalue weighted by Gasteiger charge is 2.33. The fraction of sp³-hybridized carbons (Fsp3) is 0.167.